The monoisotopic (exact) mass is 384 g/mol. The van der Waals surface area contributed by atoms with E-state index in [1.165, 1.54) is 19.3 Å². The Hall–Kier alpha value is -1.84. The molecule has 1 aliphatic heterocycles. The molecule has 2 unspecified atom stereocenters. The number of aliphatic imine (C=N–C) groups is 1. The second kappa shape index (κ2) is 8.90. The molecule has 27 heavy (non-hydrogen) atoms. The lowest BCUT2D eigenvalue weighted by molar-refractivity contribution is 0.277. The molecule has 144 valence electrons. The number of para-hydroxylation sites is 1. The highest BCUT2D eigenvalue weighted by molar-refractivity contribution is 6.30. The van der Waals surface area contributed by atoms with Gasteiger partial charge in [0.05, 0.1) is 0 Å². The molecule has 0 fully saturated rings. The lowest BCUT2D eigenvalue weighted by atomic mass is 9.90. The van der Waals surface area contributed by atoms with E-state index in [0.717, 1.165) is 41.1 Å². The van der Waals surface area contributed by atoms with Crippen molar-refractivity contribution >= 4 is 17.3 Å². The maximum absolute atomic E-state index is 10.4. The van der Waals surface area contributed by atoms with Gasteiger partial charge in [-0.15, -0.1) is 0 Å². The van der Waals surface area contributed by atoms with Crippen LogP contribution in [0.5, 0.6) is 5.75 Å². The van der Waals surface area contributed by atoms with Crippen molar-refractivity contribution < 1.29 is 5.11 Å². The van der Waals surface area contributed by atoms with Crippen LogP contribution in [0.25, 0.3) is 0 Å². The molecule has 3 rings (SSSR count). The van der Waals surface area contributed by atoms with E-state index in [2.05, 4.69) is 19.2 Å². The zero-order valence-electron chi connectivity index (χ0n) is 16.2. The highest BCUT2D eigenvalue weighted by atomic mass is 35.5. The molecule has 1 aliphatic rings. The normalized spacial score (nSPS) is 22.5. The van der Waals surface area contributed by atoms with E-state index in [4.69, 9.17) is 16.6 Å². The van der Waals surface area contributed by atoms with Gasteiger partial charge in [0.2, 0.25) is 0 Å². The molecule has 0 spiro atoms. The molecular weight excluding hydrogens is 356 g/mol. The molecule has 2 atom stereocenters. The Balaban J connectivity index is 1.90. The third-order valence-electron chi connectivity index (χ3n) is 5.27. The Kier molecular flexibility index (Phi) is 6.56. The number of nitrogens with one attached hydrogen (secondary N) is 1. The summed E-state index contributed by atoms with van der Waals surface area (Å²) < 4.78 is 0. The number of aromatic hydroxyl groups is 1. The van der Waals surface area contributed by atoms with Gasteiger partial charge in [0.15, 0.2) is 0 Å². The largest absolute Gasteiger partial charge is 0.508 e. The first-order valence-electron chi connectivity index (χ1n) is 9.91. The minimum absolute atomic E-state index is 0.0329. The van der Waals surface area contributed by atoms with Gasteiger partial charge in [0.25, 0.3) is 0 Å². The highest BCUT2D eigenvalue weighted by Crippen LogP contribution is 2.35. The molecule has 2 aromatic rings. The Morgan fingerprint density at radius 1 is 1.11 bits per heavy atom. The first kappa shape index (κ1) is 19.9. The van der Waals surface area contributed by atoms with Gasteiger partial charge in [-0.2, -0.15) is 0 Å². The van der Waals surface area contributed by atoms with Crippen LogP contribution in [-0.2, 0) is 0 Å². The van der Waals surface area contributed by atoms with Gasteiger partial charge >= 0.3 is 0 Å². The number of hydrogen-bond acceptors (Lipinski definition) is 3. The van der Waals surface area contributed by atoms with Crippen molar-refractivity contribution in [3.8, 4) is 5.75 Å². The molecule has 1 heterocycles. The van der Waals surface area contributed by atoms with E-state index in [-0.39, 0.29) is 11.7 Å². The van der Waals surface area contributed by atoms with Crippen LogP contribution in [0.3, 0.4) is 0 Å². The van der Waals surface area contributed by atoms with E-state index < -0.39 is 0 Å². The average Bonchev–Trinajstić information content (AvgIpc) is 2.66. The number of nitrogens with zero attached hydrogens (tertiary/aromatic N) is 1. The summed E-state index contributed by atoms with van der Waals surface area (Å²) in [5.74, 6) is 0.334. The summed E-state index contributed by atoms with van der Waals surface area (Å²) in [7, 11) is 0. The SMILES string of the molecule is CCCCCCC1(C)N=C(c2ccc(Cl)cc2)CC(c2ccccc2O)N1. The Morgan fingerprint density at radius 2 is 1.85 bits per heavy atom. The number of unbranched alkanes of at least 4 members (excludes halogenated alkanes) is 3. The number of halogens is 1. The van der Waals surface area contributed by atoms with Crippen LogP contribution in [0.15, 0.2) is 53.5 Å². The first-order valence-corrected chi connectivity index (χ1v) is 10.3. The number of benzene rings is 2. The third-order valence-corrected chi connectivity index (χ3v) is 5.52. The summed E-state index contributed by atoms with van der Waals surface area (Å²) in [6.45, 7) is 4.40. The van der Waals surface area contributed by atoms with Crippen LogP contribution in [0.1, 0.15) is 69.5 Å². The fraction of sp³-hybridized carbons (Fsp3) is 0.435. The van der Waals surface area contributed by atoms with Gasteiger partial charge < -0.3 is 5.11 Å². The zero-order valence-corrected chi connectivity index (χ0v) is 17.0. The summed E-state index contributed by atoms with van der Waals surface area (Å²) in [5.41, 5.74) is 2.75. The molecule has 0 saturated heterocycles. The molecule has 0 radical (unpaired) electrons. The number of phenols is 1. The fourth-order valence-corrected chi connectivity index (χ4v) is 3.94. The fourth-order valence-electron chi connectivity index (χ4n) is 3.81. The van der Waals surface area contributed by atoms with Crippen molar-refractivity contribution in [1.29, 1.82) is 0 Å². The van der Waals surface area contributed by atoms with Crippen LogP contribution >= 0.6 is 11.6 Å². The molecule has 2 aromatic carbocycles. The minimum atomic E-state index is -0.339. The molecule has 4 heteroatoms. The number of phenolic OH excluding ortho intramolecular Hbond substituents is 1. The van der Waals surface area contributed by atoms with Crippen LogP contribution in [-0.4, -0.2) is 16.5 Å². The smallest absolute Gasteiger partial charge is 0.120 e. The van der Waals surface area contributed by atoms with Crippen molar-refractivity contribution in [2.24, 2.45) is 4.99 Å². The lowest BCUT2D eigenvalue weighted by Crippen LogP contribution is -2.47. The first-order chi connectivity index (χ1) is 13.0. The minimum Gasteiger partial charge on any atom is -0.508 e. The van der Waals surface area contributed by atoms with Gasteiger partial charge in [-0.05, 0) is 43.5 Å². The van der Waals surface area contributed by atoms with Gasteiger partial charge in [-0.25, -0.2) is 0 Å². The number of hydrogen-bond donors (Lipinski definition) is 2. The molecular formula is C23H29ClN2O. The van der Waals surface area contributed by atoms with Crippen molar-refractivity contribution in [1.82, 2.24) is 5.32 Å². The summed E-state index contributed by atoms with van der Waals surface area (Å²) in [6, 6.07) is 15.5. The lowest BCUT2D eigenvalue weighted by Gasteiger charge is -2.38. The quantitative estimate of drug-likeness (QED) is 0.553. The van der Waals surface area contributed by atoms with Crippen LogP contribution in [0.2, 0.25) is 5.02 Å². The molecule has 0 amide bonds. The predicted molar refractivity (Wildman–Crippen MR) is 114 cm³/mol. The Labute approximate surface area is 167 Å². The second-order valence-corrected chi connectivity index (χ2v) is 8.05. The van der Waals surface area contributed by atoms with Crippen LogP contribution in [0, 0.1) is 0 Å². The number of rotatable bonds is 7. The van der Waals surface area contributed by atoms with Gasteiger partial charge in [-0.3, -0.25) is 10.3 Å². The van der Waals surface area contributed by atoms with Crippen molar-refractivity contribution in [2.75, 3.05) is 0 Å². The summed E-state index contributed by atoms with van der Waals surface area (Å²) >= 11 is 6.06. The maximum Gasteiger partial charge on any atom is 0.120 e. The van der Waals surface area contributed by atoms with Crippen molar-refractivity contribution in [2.45, 2.75) is 64.1 Å². The van der Waals surface area contributed by atoms with Crippen molar-refractivity contribution in [3.05, 3.63) is 64.7 Å². The molecule has 0 aliphatic carbocycles. The van der Waals surface area contributed by atoms with E-state index in [1.54, 1.807) is 6.07 Å². The highest BCUT2D eigenvalue weighted by Gasteiger charge is 2.33. The standard InChI is InChI=1S/C23H29ClN2O/c1-3-4-5-8-15-23(2)25-20(17-11-13-18(24)14-12-17)16-21(26-23)19-9-6-7-10-22(19)27/h6-7,9-14,21,26-27H,3-5,8,15-16H2,1-2H3. The summed E-state index contributed by atoms with van der Waals surface area (Å²) in [6.07, 6.45) is 6.57. The predicted octanol–water partition coefficient (Wildman–Crippen LogP) is 6.26. The van der Waals surface area contributed by atoms with E-state index >= 15 is 0 Å². The topological polar surface area (TPSA) is 44.6 Å². The van der Waals surface area contributed by atoms with Gasteiger partial charge in [0, 0.05) is 28.8 Å². The third kappa shape index (κ3) is 5.12. The summed E-state index contributed by atoms with van der Waals surface area (Å²) in [5, 5.41) is 14.8. The van der Waals surface area contributed by atoms with E-state index in [9.17, 15) is 5.11 Å². The molecule has 0 bridgehead atoms. The van der Waals surface area contributed by atoms with E-state index in [1.807, 2.05) is 42.5 Å². The average molecular weight is 385 g/mol. The van der Waals surface area contributed by atoms with Crippen LogP contribution < -0.4 is 5.32 Å². The Bertz CT molecular complexity index is 787. The molecule has 3 nitrogen and oxygen atoms in total. The van der Waals surface area contributed by atoms with Crippen LogP contribution in [0.4, 0.5) is 0 Å². The van der Waals surface area contributed by atoms with Gasteiger partial charge in [0.1, 0.15) is 11.4 Å². The van der Waals surface area contributed by atoms with E-state index in [0.29, 0.717) is 5.75 Å². The molecule has 0 saturated carbocycles. The Morgan fingerprint density at radius 3 is 2.56 bits per heavy atom. The maximum atomic E-state index is 10.4. The van der Waals surface area contributed by atoms with Crippen molar-refractivity contribution in [3.63, 3.8) is 0 Å². The second-order valence-electron chi connectivity index (χ2n) is 7.61. The molecule has 0 aromatic heterocycles. The molecule has 2 N–H and O–H groups in total. The zero-order chi connectivity index (χ0) is 19.3. The van der Waals surface area contributed by atoms with Gasteiger partial charge in [-0.1, -0.05) is 68.1 Å². The summed E-state index contributed by atoms with van der Waals surface area (Å²) in [4.78, 5) is 5.10.